The number of hydrogen-bond donors (Lipinski definition) is 1. The summed E-state index contributed by atoms with van der Waals surface area (Å²) >= 11 is 0. The van der Waals surface area contributed by atoms with Crippen LogP contribution in [-0.4, -0.2) is 27.7 Å². The van der Waals surface area contributed by atoms with E-state index in [-0.39, 0.29) is 23.8 Å². The van der Waals surface area contributed by atoms with Crippen molar-refractivity contribution in [3.63, 3.8) is 0 Å². The van der Waals surface area contributed by atoms with Gasteiger partial charge in [0.15, 0.2) is 0 Å². The Bertz CT molecular complexity index is 729. The number of nitro groups is 1. The van der Waals surface area contributed by atoms with Crippen molar-refractivity contribution >= 4 is 17.3 Å². The van der Waals surface area contributed by atoms with Crippen molar-refractivity contribution in [2.45, 2.75) is 13.5 Å². The van der Waals surface area contributed by atoms with Crippen LogP contribution >= 0.6 is 0 Å². The van der Waals surface area contributed by atoms with Crippen LogP contribution in [0.25, 0.3) is 0 Å². The molecule has 116 valence electrons. The minimum Gasteiger partial charge on any atom is -0.475 e. The van der Waals surface area contributed by atoms with E-state index in [4.69, 9.17) is 4.74 Å². The van der Waals surface area contributed by atoms with E-state index in [1.807, 2.05) is 0 Å². The molecule has 0 fully saturated rings. The first-order chi connectivity index (χ1) is 10.4. The molecule has 0 atom stereocenters. The number of rotatable bonds is 5. The highest BCUT2D eigenvalue weighted by atomic mass is 19.1. The van der Waals surface area contributed by atoms with Crippen LogP contribution in [0.1, 0.15) is 5.56 Å². The molecule has 1 heterocycles. The maximum absolute atomic E-state index is 13.6. The monoisotopic (exact) mass is 308 g/mol. The Morgan fingerprint density at radius 3 is 2.86 bits per heavy atom. The third-order valence-electron chi connectivity index (χ3n) is 2.80. The van der Waals surface area contributed by atoms with Crippen LogP contribution in [0, 0.1) is 22.9 Å². The number of aromatic nitrogens is 2. The maximum atomic E-state index is 13.6. The molecule has 22 heavy (non-hydrogen) atoms. The Morgan fingerprint density at radius 2 is 2.27 bits per heavy atom. The molecule has 0 unspecified atom stereocenters. The second-order valence-electron chi connectivity index (χ2n) is 4.51. The number of nitrogens with zero attached hydrogens (tertiary/aromatic N) is 3. The van der Waals surface area contributed by atoms with Crippen molar-refractivity contribution in [1.29, 1.82) is 0 Å². The van der Waals surface area contributed by atoms with Crippen molar-refractivity contribution in [3.05, 3.63) is 45.9 Å². The Morgan fingerprint density at radius 1 is 1.55 bits per heavy atom. The number of methoxy groups -OCH3 is 1. The summed E-state index contributed by atoms with van der Waals surface area (Å²) in [6.45, 7) is 1.45. The average molecular weight is 308 g/mol. The van der Waals surface area contributed by atoms with E-state index in [0.717, 1.165) is 16.4 Å². The summed E-state index contributed by atoms with van der Waals surface area (Å²) in [5.41, 5.74) is 0.476. The second-order valence-corrected chi connectivity index (χ2v) is 4.51. The van der Waals surface area contributed by atoms with Gasteiger partial charge in [-0.15, -0.1) is 5.10 Å². The third kappa shape index (κ3) is 3.37. The van der Waals surface area contributed by atoms with Gasteiger partial charge in [0, 0.05) is 0 Å². The molecular formula is C13H13FN4O4. The van der Waals surface area contributed by atoms with Gasteiger partial charge in [-0.1, -0.05) is 6.07 Å². The molecule has 1 aromatic heterocycles. The molecule has 0 aliphatic carbocycles. The molecule has 2 rings (SSSR count). The van der Waals surface area contributed by atoms with Crippen LogP contribution in [0.3, 0.4) is 0 Å². The Kier molecular flexibility index (Phi) is 4.35. The minimum absolute atomic E-state index is 0.0404. The topological polar surface area (TPSA) is 99.3 Å². The van der Waals surface area contributed by atoms with Gasteiger partial charge in [-0.3, -0.25) is 19.6 Å². The lowest BCUT2D eigenvalue weighted by molar-refractivity contribution is -0.385. The van der Waals surface area contributed by atoms with Crippen molar-refractivity contribution in [2.24, 2.45) is 0 Å². The molecule has 0 saturated carbocycles. The number of halogens is 1. The first-order valence-electron chi connectivity index (χ1n) is 6.22. The molecule has 2 aromatic rings. The zero-order chi connectivity index (χ0) is 16.3. The summed E-state index contributed by atoms with van der Waals surface area (Å²) in [6, 6.07) is 4.30. The van der Waals surface area contributed by atoms with Crippen LogP contribution in [0.5, 0.6) is 5.88 Å². The molecule has 1 N–H and O–H groups in total. The number of benzene rings is 1. The van der Waals surface area contributed by atoms with Crippen LogP contribution in [0.2, 0.25) is 0 Å². The number of carbonyl (C=O) groups is 1. The van der Waals surface area contributed by atoms with Crippen molar-refractivity contribution < 1.29 is 18.8 Å². The summed E-state index contributed by atoms with van der Waals surface area (Å²) in [4.78, 5) is 22.0. The van der Waals surface area contributed by atoms with E-state index in [2.05, 4.69) is 10.4 Å². The summed E-state index contributed by atoms with van der Waals surface area (Å²) < 4.78 is 19.4. The number of amides is 1. The number of ether oxygens (including phenoxy) is 1. The SMILES string of the molecule is COc1nn(CC(=O)Nc2cc(C)ccc2F)cc1[N+](=O)[O-]. The molecule has 0 spiro atoms. The van der Waals surface area contributed by atoms with E-state index < -0.39 is 16.6 Å². The van der Waals surface area contributed by atoms with E-state index in [9.17, 15) is 19.3 Å². The molecule has 0 aliphatic heterocycles. The largest absolute Gasteiger partial charge is 0.475 e. The lowest BCUT2D eigenvalue weighted by atomic mass is 10.2. The molecular weight excluding hydrogens is 295 g/mol. The zero-order valence-corrected chi connectivity index (χ0v) is 11.9. The first kappa shape index (κ1) is 15.4. The molecule has 1 aromatic carbocycles. The Hall–Kier alpha value is -2.97. The van der Waals surface area contributed by atoms with Gasteiger partial charge in [0.25, 0.3) is 0 Å². The van der Waals surface area contributed by atoms with Crippen molar-refractivity contribution in [2.75, 3.05) is 12.4 Å². The summed E-state index contributed by atoms with van der Waals surface area (Å²) in [7, 11) is 1.24. The Labute approximate surface area is 124 Å². The molecule has 1 amide bonds. The summed E-state index contributed by atoms with van der Waals surface area (Å²) in [5.74, 6) is -1.33. The van der Waals surface area contributed by atoms with Gasteiger partial charge in [0.05, 0.1) is 17.7 Å². The van der Waals surface area contributed by atoms with Gasteiger partial charge in [-0.05, 0) is 24.6 Å². The molecule has 8 nitrogen and oxygen atoms in total. The number of hydrogen-bond acceptors (Lipinski definition) is 5. The van der Waals surface area contributed by atoms with Crippen LogP contribution in [0.15, 0.2) is 24.4 Å². The van der Waals surface area contributed by atoms with Gasteiger partial charge >= 0.3 is 11.6 Å². The summed E-state index contributed by atoms with van der Waals surface area (Å²) in [5, 5.41) is 16.9. The lowest BCUT2D eigenvalue weighted by Crippen LogP contribution is -2.19. The molecule has 0 aliphatic rings. The lowest BCUT2D eigenvalue weighted by Gasteiger charge is -2.07. The molecule has 0 saturated heterocycles. The highest BCUT2D eigenvalue weighted by molar-refractivity contribution is 5.90. The van der Waals surface area contributed by atoms with E-state index in [0.29, 0.717) is 0 Å². The quantitative estimate of drug-likeness (QED) is 0.671. The molecule has 0 radical (unpaired) electrons. The van der Waals surface area contributed by atoms with Gasteiger partial charge in [-0.2, -0.15) is 0 Å². The summed E-state index contributed by atoms with van der Waals surface area (Å²) in [6.07, 6.45) is 1.07. The third-order valence-corrected chi connectivity index (χ3v) is 2.80. The Balaban J connectivity index is 2.12. The van der Waals surface area contributed by atoms with E-state index in [1.165, 1.54) is 19.2 Å². The zero-order valence-electron chi connectivity index (χ0n) is 11.9. The highest BCUT2D eigenvalue weighted by Gasteiger charge is 2.21. The number of carbonyl (C=O) groups excluding carboxylic acids is 1. The second kappa shape index (κ2) is 6.20. The average Bonchev–Trinajstić information content (AvgIpc) is 2.86. The number of anilines is 1. The molecule has 9 heteroatoms. The fraction of sp³-hybridized carbons (Fsp3) is 0.231. The van der Waals surface area contributed by atoms with Gasteiger partial charge in [0.2, 0.25) is 5.91 Å². The van der Waals surface area contributed by atoms with Crippen molar-refractivity contribution in [3.8, 4) is 5.88 Å². The number of nitrogens with one attached hydrogen (secondary N) is 1. The molecule has 0 bridgehead atoms. The van der Waals surface area contributed by atoms with Gasteiger partial charge in [-0.25, -0.2) is 4.39 Å². The fourth-order valence-corrected chi connectivity index (χ4v) is 1.82. The van der Waals surface area contributed by atoms with Gasteiger partial charge in [0.1, 0.15) is 18.6 Å². The van der Waals surface area contributed by atoms with E-state index in [1.54, 1.807) is 13.0 Å². The maximum Gasteiger partial charge on any atom is 0.350 e. The predicted molar refractivity (Wildman–Crippen MR) is 75.2 cm³/mol. The van der Waals surface area contributed by atoms with Crippen LogP contribution in [0.4, 0.5) is 15.8 Å². The van der Waals surface area contributed by atoms with Crippen LogP contribution < -0.4 is 10.1 Å². The number of aryl methyl sites for hydroxylation is 1. The fourth-order valence-electron chi connectivity index (χ4n) is 1.82. The smallest absolute Gasteiger partial charge is 0.350 e. The standard InChI is InChI=1S/C13H13FN4O4/c1-8-3-4-9(14)10(5-8)15-12(19)7-17-6-11(18(20)21)13(16-17)22-2/h3-6H,7H2,1-2H3,(H,15,19). The van der Waals surface area contributed by atoms with Crippen LogP contribution in [-0.2, 0) is 11.3 Å². The first-order valence-corrected chi connectivity index (χ1v) is 6.22. The predicted octanol–water partition coefficient (Wildman–Crippen LogP) is 1.89. The van der Waals surface area contributed by atoms with Crippen molar-refractivity contribution in [1.82, 2.24) is 9.78 Å². The normalized spacial score (nSPS) is 10.3. The highest BCUT2D eigenvalue weighted by Crippen LogP contribution is 2.24. The minimum atomic E-state index is -0.666. The van der Waals surface area contributed by atoms with E-state index >= 15 is 0 Å². The van der Waals surface area contributed by atoms with Gasteiger partial charge < -0.3 is 10.1 Å².